The quantitative estimate of drug-likeness (QED) is 0.822. The van der Waals surface area contributed by atoms with Gasteiger partial charge in [0.2, 0.25) is 5.91 Å². The Morgan fingerprint density at radius 3 is 2.87 bits per heavy atom. The molecule has 1 aromatic heterocycles. The van der Waals surface area contributed by atoms with Crippen molar-refractivity contribution >= 4 is 28.6 Å². The summed E-state index contributed by atoms with van der Waals surface area (Å²) in [5.41, 5.74) is 1.03. The Kier molecular flexibility index (Phi) is 5.10. The molecule has 0 atom stereocenters. The van der Waals surface area contributed by atoms with Gasteiger partial charge in [0.05, 0.1) is 22.7 Å². The van der Waals surface area contributed by atoms with Crippen LogP contribution < -0.4 is 10.1 Å². The topological polar surface area (TPSA) is 67.0 Å². The normalized spacial score (nSPS) is 21.3. The van der Waals surface area contributed by atoms with E-state index in [1.165, 1.54) is 0 Å². The van der Waals surface area contributed by atoms with Crippen molar-refractivity contribution in [2.24, 2.45) is 0 Å². The van der Waals surface area contributed by atoms with Crippen molar-refractivity contribution < 1.29 is 9.53 Å². The standard InChI is InChI=1S/C17H23N3O2S/c1-3-16(21)19-11-4-6-12(7-5-11)22-15-9-8-14-13(10-18-20-14)17(15)23-2/h8-12H,3-7H2,1-2H3,(H,18,20)(H,19,21)/t11-,12+. The van der Waals surface area contributed by atoms with Crippen LogP contribution >= 0.6 is 11.8 Å². The molecule has 124 valence electrons. The second-order valence-electron chi connectivity index (χ2n) is 5.94. The Morgan fingerprint density at radius 1 is 1.39 bits per heavy atom. The maximum absolute atomic E-state index is 11.5. The van der Waals surface area contributed by atoms with E-state index in [4.69, 9.17) is 4.74 Å². The lowest BCUT2D eigenvalue weighted by molar-refractivity contribution is -0.121. The number of aromatic amines is 1. The molecular weight excluding hydrogens is 310 g/mol. The monoisotopic (exact) mass is 333 g/mol. The number of thioether (sulfide) groups is 1. The van der Waals surface area contributed by atoms with E-state index in [9.17, 15) is 4.79 Å². The molecule has 1 heterocycles. The minimum atomic E-state index is 0.143. The summed E-state index contributed by atoms with van der Waals surface area (Å²) in [6, 6.07) is 4.35. The zero-order valence-corrected chi connectivity index (χ0v) is 14.4. The molecule has 1 aliphatic rings. The first kappa shape index (κ1) is 16.2. The highest BCUT2D eigenvalue weighted by atomic mass is 32.2. The molecule has 1 saturated carbocycles. The van der Waals surface area contributed by atoms with Crippen LogP contribution in [0.4, 0.5) is 0 Å². The highest BCUT2D eigenvalue weighted by Crippen LogP contribution is 2.36. The number of carbonyl (C=O) groups is 1. The third-order valence-electron chi connectivity index (χ3n) is 4.40. The average Bonchev–Trinajstić information content (AvgIpc) is 3.05. The number of rotatable bonds is 5. The Labute approximate surface area is 140 Å². The van der Waals surface area contributed by atoms with Crippen molar-refractivity contribution in [2.75, 3.05) is 6.26 Å². The molecule has 0 unspecified atom stereocenters. The van der Waals surface area contributed by atoms with Crippen molar-refractivity contribution in [2.45, 2.75) is 56.1 Å². The molecular formula is C17H23N3O2S. The molecule has 1 aromatic carbocycles. The molecule has 1 fully saturated rings. The summed E-state index contributed by atoms with van der Waals surface area (Å²) in [5, 5.41) is 11.3. The minimum absolute atomic E-state index is 0.143. The van der Waals surface area contributed by atoms with E-state index in [0.29, 0.717) is 12.5 Å². The lowest BCUT2D eigenvalue weighted by atomic mass is 9.93. The number of ether oxygens (including phenoxy) is 1. The van der Waals surface area contributed by atoms with Gasteiger partial charge in [0.15, 0.2) is 0 Å². The summed E-state index contributed by atoms with van der Waals surface area (Å²) in [6.45, 7) is 1.89. The third kappa shape index (κ3) is 3.63. The van der Waals surface area contributed by atoms with Crippen molar-refractivity contribution in [3.05, 3.63) is 18.3 Å². The number of hydrogen-bond acceptors (Lipinski definition) is 4. The van der Waals surface area contributed by atoms with Crippen molar-refractivity contribution in [3.8, 4) is 5.75 Å². The SMILES string of the molecule is CCC(=O)N[C@H]1CC[C@@H](Oc2ccc3[nH]ncc3c2SC)CC1. The third-order valence-corrected chi connectivity index (χ3v) is 5.23. The molecule has 2 aromatic rings. The Morgan fingerprint density at radius 2 is 2.17 bits per heavy atom. The van der Waals surface area contributed by atoms with Crippen LogP contribution in [0.2, 0.25) is 0 Å². The van der Waals surface area contributed by atoms with Crippen LogP contribution in [0.15, 0.2) is 23.2 Å². The molecule has 0 spiro atoms. The second-order valence-corrected chi connectivity index (χ2v) is 6.76. The molecule has 3 rings (SSSR count). The predicted octanol–water partition coefficient (Wildman–Crippen LogP) is 3.50. The van der Waals surface area contributed by atoms with Gasteiger partial charge in [-0.25, -0.2) is 0 Å². The molecule has 1 aliphatic carbocycles. The fraction of sp³-hybridized carbons (Fsp3) is 0.529. The van der Waals surface area contributed by atoms with E-state index in [2.05, 4.69) is 21.8 Å². The highest BCUT2D eigenvalue weighted by Gasteiger charge is 2.24. The number of amides is 1. The van der Waals surface area contributed by atoms with Crippen LogP contribution in [0, 0.1) is 0 Å². The van der Waals surface area contributed by atoms with E-state index in [-0.39, 0.29) is 12.0 Å². The number of aromatic nitrogens is 2. The van der Waals surface area contributed by atoms with Crippen LogP contribution in [-0.4, -0.2) is 34.5 Å². The zero-order chi connectivity index (χ0) is 16.2. The molecule has 0 bridgehead atoms. The lowest BCUT2D eigenvalue weighted by Gasteiger charge is -2.30. The van der Waals surface area contributed by atoms with Gasteiger partial charge in [-0.1, -0.05) is 6.92 Å². The maximum atomic E-state index is 11.5. The zero-order valence-electron chi connectivity index (χ0n) is 13.6. The number of hydrogen-bond donors (Lipinski definition) is 2. The Bertz CT molecular complexity index is 678. The number of H-pyrrole nitrogens is 1. The fourth-order valence-electron chi connectivity index (χ4n) is 3.11. The number of nitrogens with zero attached hydrogens (tertiary/aromatic N) is 1. The van der Waals surface area contributed by atoms with Crippen molar-refractivity contribution in [3.63, 3.8) is 0 Å². The van der Waals surface area contributed by atoms with E-state index in [1.807, 2.05) is 25.3 Å². The van der Waals surface area contributed by atoms with Gasteiger partial charge in [-0.05, 0) is 44.1 Å². The van der Waals surface area contributed by atoms with Gasteiger partial charge >= 0.3 is 0 Å². The first-order valence-corrected chi connectivity index (χ1v) is 9.39. The maximum Gasteiger partial charge on any atom is 0.219 e. The van der Waals surface area contributed by atoms with Crippen LogP contribution in [-0.2, 0) is 4.79 Å². The van der Waals surface area contributed by atoms with Gasteiger partial charge in [-0.15, -0.1) is 11.8 Å². The molecule has 1 amide bonds. The summed E-state index contributed by atoms with van der Waals surface area (Å²) in [6.07, 6.45) is 8.62. The summed E-state index contributed by atoms with van der Waals surface area (Å²) in [4.78, 5) is 12.6. The summed E-state index contributed by atoms with van der Waals surface area (Å²) in [7, 11) is 0. The Hall–Kier alpha value is -1.69. The minimum Gasteiger partial charge on any atom is -0.489 e. The molecule has 0 radical (unpaired) electrons. The lowest BCUT2D eigenvalue weighted by Crippen LogP contribution is -2.39. The van der Waals surface area contributed by atoms with Gasteiger partial charge in [0.1, 0.15) is 5.75 Å². The van der Waals surface area contributed by atoms with Crippen molar-refractivity contribution in [1.29, 1.82) is 0 Å². The molecule has 5 nitrogen and oxygen atoms in total. The van der Waals surface area contributed by atoms with Crippen LogP contribution in [0.25, 0.3) is 10.9 Å². The van der Waals surface area contributed by atoms with Crippen LogP contribution in [0.5, 0.6) is 5.75 Å². The molecule has 0 aliphatic heterocycles. The van der Waals surface area contributed by atoms with Gasteiger partial charge in [-0.2, -0.15) is 5.10 Å². The van der Waals surface area contributed by atoms with E-state index < -0.39 is 0 Å². The summed E-state index contributed by atoms with van der Waals surface area (Å²) < 4.78 is 6.26. The summed E-state index contributed by atoms with van der Waals surface area (Å²) >= 11 is 1.69. The average molecular weight is 333 g/mol. The first-order valence-electron chi connectivity index (χ1n) is 8.17. The highest BCUT2D eigenvalue weighted by molar-refractivity contribution is 7.99. The summed E-state index contributed by atoms with van der Waals surface area (Å²) in [5.74, 6) is 1.08. The van der Waals surface area contributed by atoms with E-state index in [1.54, 1.807) is 11.8 Å². The molecule has 2 N–H and O–H groups in total. The largest absolute Gasteiger partial charge is 0.489 e. The van der Waals surface area contributed by atoms with Gasteiger partial charge in [0, 0.05) is 17.8 Å². The smallest absolute Gasteiger partial charge is 0.219 e. The van der Waals surface area contributed by atoms with Gasteiger partial charge in [0.25, 0.3) is 0 Å². The van der Waals surface area contributed by atoms with Gasteiger partial charge in [-0.3, -0.25) is 9.89 Å². The molecule has 6 heteroatoms. The molecule has 23 heavy (non-hydrogen) atoms. The molecule has 0 saturated heterocycles. The Balaban J connectivity index is 1.63. The second kappa shape index (κ2) is 7.25. The van der Waals surface area contributed by atoms with Gasteiger partial charge < -0.3 is 10.1 Å². The van der Waals surface area contributed by atoms with E-state index in [0.717, 1.165) is 47.2 Å². The predicted molar refractivity (Wildman–Crippen MR) is 93.0 cm³/mol. The number of fused-ring (bicyclic) bond motifs is 1. The van der Waals surface area contributed by atoms with Crippen LogP contribution in [0.1, 0.15) is 39.0 Å². The number of nitrogens with one attached hydrogen (secondary N) is 2. The fourth-order valence-corrected chi connectivity index (χ4v) is 3.81. The van der Waals surface area contributed by atoms with E-state index >= 15 is 0 Å². The number of benzene rings is 1. The number of carbonyl (C=O) groups excluding carboxylic acids is 1. The first-order chi connectivity index (χ1) is 11.2. The van der Waals surface area contributed by atoms with Crippen LogP contribution in [0.3, 0.4) is 0 Å². The van der Waals surface area contributed by atoms with Crippen molar-refractivity contribution in [1.82, 2.24) is 15.5 Å².